The van der Waals surface area contributed by atoms with Gasteiger partial charge in [-0.05, 0) is 38.0 Å². The second-order valence-electron chi connectivity index (χ2n) is 5.29. The van der Waals surface area contributed by atoms with Crippen LogP contribution in [0.2, 0.25) is 0 Å². The zero-order valence-electron chi connectivity index (χ0n) is 9.61. The second kappa shape index (κ2) is 4.52. The van der Waals surface area contributed by atoms with Crippen LogP contribution in [0.3, 0.4) is 0 Å². The van der Waals surface area contributed by atoms with E-state index in [1.54, 1.807) is 0 Å². The van der Waals surface area contributed by atoms with Gasteiger partial charge in [0.1, 0.15) is 0 Å². The molecular formula is C12H22N2O. The Bertz CT molecular complexity index is 234. The minimum absolute atomic E-state index is 0.219. The van der Waals surface area contributed by atoms with Crippen LogP contribution in [-0.4, -0.2) is 29.9 Å². The van der Waals surface area contributed by atoms with Crippen molar-refractivity contribution in [1.82, 2.24) is 4.90 Å². The molecule has 0 unspecified atom stereocenters. The Morgan fingerprint density at radius 1 is 1.20 bits per heavy atom. The Labute approximate surface area is 92.0 Å². The van der Waals surface area contributed by atoms with E-state index >= 15 is 0 Å². The van der Waals surface area contributed by atoms with Gasteiger partial charge in [0.15, 0.2) is 0 Å². The van der Waals surface area contributed by atoms with E-state index in [0.717, 1.165) is 38.3 Å². The maximum atomic E-state index is 12.1. The quantitative estimate of drug-likeness (QED) is 0.710. The summed E-state index contributed by atoms with van der Waals surface area (Å²) in [5.74, 6) is 1.48. The number of nitrogens with zero attached hydrogens (tertiary/aromatic N) is 1. The number of nitrogens with two attached hydrogens (primary N) is 1. The molecule has 1 saturated carbocycles. The summed E-state index contributed by atoms with van der Waals surface area (Å²) in [4.78, 5) is 14.1. The highest BCUT2D eigenvalue weighted by Gasteiger charge is 2.31. The van der Waals surface area contributed by atoms with Crippen molar-refractivity contribution in [1.29, 1.82) is 0 Å². The molecule has 1 aliphatic heterocycles. The number of carbonyl (C=O) groups excluding carboxylic acids is 1. The summed E-state index contributed by atoms with van der Waals surface area (Å²) in [5, 5.41) is 0. The van der Waals surface area contributed by atoms with Gasteiger partial charge in [-0.15, -0.1) is 0 Å². The minimum Gasteiger partial charge on any atom is -0.341 e. The van der Waals surface area contributed by atoms with E-state index < -0.39 is 0 Å². The van der Waals surface area contributed by atoms with Gasteiger partial charge in [0, 0.05) is 25.0 Å². The molecule has 0 bridgehead atoms. The Hall–Kier alpha value is -0.570. The third kappa shape index (κ3) is 2.51. The van der Waals surface area contributed by atoms with Gasteiger partial charge in [0.05, 0.1) is 0 Å². The van der Waals surface area contributed by atoms with Gasteiger partial charge in [0.2, 0.25) is 5.91 Å². The van der Waals surface area contributed by atoms with Crippen LogP contribution in [-0.2, 0) is 4.79 Å². The maximum absolute atomic E-state index is 12.1. The van der Waals surface area contributed by atoms with Crippen LogP contribution < -0.4 is 5.73 Å². The molecule has 0 aromatic carbocycles. The topological polar surface area (TPSA) is 46.3 Å². The lowest BCUT2D eigenvalue weighted by Gasteiger charge is -2.28. The Morgan fingerprint density at radius 3 is 2.40 bits per heavy atom. The normalized spacial score (nSPS) is 36.9. The van der Waals surface area contributed by atoms with Gasteiger partial charge >= 0.3 is 0 Å². The highest BCUT2D eigenvalue weighted by atomic mass is 16.2. The lowest BCUT2D eigenvalue weighted by atomic mass is 9.82. The fourth-order valence-electron chi connectivity index (χ4n) is 2.75. The Kier molecular flexibility index (Phi) is 3.29. The summed E-state index contributed by atoms with van der Waals surface area (Å²) in [7, 11) is 0. The summed E-state index contributed by atoms with van der Waals surface area (Å²) in [6.07, 6.45) is 5.60. The molecule has 86 valence electrons. The first-order valence-corrected chi connectivity index (χ1v) is 6.21. The average Bonchev–Trinajstić information content (AvgIpc) is 2.65. The first-order chi connectivity index (χ1) is 7.16. The van der Waals surface area contributed by atoms with Gasteiger partial charge in [-0.3, -0.25) is 4.79 Å². The predicted molar refractivity (Wildman–Crippen MR) is 60.3 cm³/mol. The van der Waals surface area contributed by atoms with Crippen molar-refractivity contribution < 1.29 is 4.79 Å². The third-order valence-electron chi connectivity index (χ3n) is 3.90. The molecule has 1 saturated heterocycles. The predicted octanol–water partition coefficient (Wildman–Crippen LogP) is 1.37. The highest BCUT2D eigenvalue weighted by molar-refractivity contribution is 5.79. The molecule has 1 aliphatic carbocycles. The molecule has 2 N–H and O–H groups in total. The maximum Gasteiger partial charge on any atom is 0.225 e. The molecule has 2 rings (SSSR count). The van der Waals surface area contributed by atoms with E-state index in [1.807, 2.05) is 4.90 Å². The van der Waals surface area contributed by atoms with Gasteiger partial charge in [-0.25, -0.2) is 0 Å². The van der Waals surface area contributed by atoms with Crippen LogP contribution in [0, 0.1) is 11.8 Å². The molecule has 3 heteroatoms. The highest BCUT2D eigenvalue weighted by Crippen LogP contribution is 2.30. The summed E-state index contributed by atoms with van der Waals surface area (Å²) < 4.78 is 0. The van der Waals surface area contributed by atoms with Gasteiger partial charge in [-0.1, -0.05) is 6.92 Å². The molecule has 0 spiro atoms. The molecule has 0 aromatic rings. The summed E-state index contributed by atoms with van der Waals surface area (Å²) >= 11 is 0. The zero-order valence-corrected chi connectivity index (χ0v) is 9.61. The van der Waals surface area contributed by atoms with Gasteiger partial charge < -0.3 is 10.6 Å². The number of hydrogen-bond donors (Lipinski definition) is 1. The number of amides is 1. The van der Waals surface area contributed by atoms with E-state index in [-0.39, 0.29) is 6.04 Å². The first kappa shape index (κ1) is 10.9. The first-order valence-electron chi connectivity index (χ1n) is 6.21. The molecule has 2 aliphatic rings. The third-order valence-corrected chi connectivity index (χ3v) is 3.90. The number of hydrogen-bond acceptors (Lipinski definition) is 2. The summed E-state index contributed by atoms with van der Waals surface area (Å²) in [6.45, 7) is 3.95. The van der Waals surface area contributed by atoms with Gasteiger partial charge in [0.25, 0.3) is 0 Å². The lowest BCUT2D eigenvalue weighted by molar-refractivity contribution is -0.135. The molecular weight excluding hydrogens is 188 g/mol. The van der Waals surface area contributed by atoms with Crippen molar-refractivity contribution in [3.8, 4) is 0 Å². The zero-order chi connectivity index (χ0) is 10.8. The molecule has 0 radical (unpaired) electrons. The monoisotopic (exact) mass is 210 g/mol. The van der Waals surface area contributed by atoms with E-state index in [2.05, 4.69) is 6.92 Å². The molecule has 15 heavy (non-hydrogen) atoms. The molecule has 2 fully saturated rings. The Morgan fingerprint density at radius 2 is 1.87 bits per heavy atom. The van der Waals surface area contributed by atoms with Crippen molar-refractivity contribution in [2.45, 2.75) is 45.1 Å². The van der Waals surface area contributed by atoms with Crippen LogP contribution in [0.5, 0.6) is 0 Å². The smallest absolute Gasteiger partial charge is 0.225 e. The summed E-state index contributed by atoms with van der Waals surface area (Å²) in [5.41, 5.74) is 5.82. The standard InChI is InChI=1S/C12H22N2O/c1-9-2-4-10(5-3-9)12(15)14-7-6-11(13)8-14/h9-11H,2-8,13H2,1H3/t9?,10?,11-/m1/s1. The van der Waals surface area contributed by atoms with E-state index in [1.165, 1.54) is 12.8 Å². The van der Waals surface area contributed by atoms with Crippen LogP contribution in [0.1, 0.15) is 39.0 Å². The molecule has 1 amide bonds. The van der Waals surface area contributed by atoms with Crippen LogP contribution in [0.25, 0.3) is 0 Å². The number of rotatable bonds is 1. The number of carbonyl (C=O) groups is 1. The largest absolute Gasteiger partial charge is 0.341 e. The fraction of sp³-hybridized carbons (Fsp3) is 0.917. The second-order valence-corrected chi connectivity index (χ2v) is 5.29. The molecule has 3 nitrogen and oxygen atoms in total. The van der Waals surface area contributed by atoms with Crippen molar-refractivity contribution >= 4 is 5.91 Å². The van der Waals surface area contributed by atoms with Crippen molar-refractivity contribution in [2.75, 3.05) is 13.1 Å². The van der Waals surface area contributed by atoms with Crippen LogP contribution in [0.4, 0.5) is 0 Å². The Balaban J connectivity index is 1.85. The lowest BCUT2D eigenvalue weighted by Crippen LogP contribution is -2.37. The summed E-state index contributed by atoms with van der Waals surface area (Å²) in [6, 6.07) is 0.219. The molecule has 1 heterocycles. The minimum atomic E-state index is 0.219. The average molecular weight is 210 g/mol. The molecule has 1 atom stereocenters. The van der Waals surface area contributed by atoms with Crippen LogP contribution in [0.15, 0.2) is 0 Å². The van der Waals surface area contributed by atoms with Gasteiger partial charge in [-0.2, -0.15) is 0 Å². The number of likely N-dealkylation sites (tertiary alicyclic amines) is 1. The SMILES string of the molecule is CC1CCC(C(=O)N2CC[C@@H](N)C2)CC1. The molecule has 0 aromatic heterocycles. The van der Waals surface area contributed by atoms with Crippen molar-refractivity contribution in [3.05, 3.63) is 0 Å². The van der Waals surface area contributed by atoms with E-state index in [0.29, 0.717) is 11.8 Å². The van der Waals surface area contributed by atoms with Crippen LogP contribution >= 0.6 is 0 Å². The van der Waals surface area contributed by atoms with E-state index in [9.17, 15) is 4.79 Å². The van der Waals surface area contributed by atoms with Crippen molar-refractivity contribution in [2.24, 2.45) is 17.6 Å². The van der Waals surface area contributed by atoms with E-state index in [4.69, 9.17) is 5.73 Å². The van der Waals surface area contributed by atoms with Crippen molar-refractivity contribution in [3.63, 3.8) is 0 Å². The fourth-order valence-corrected chi connectivity index (χ4v) is 2.75.